The van der Waals surface area contributed by atoms with Crippen molar-refractivity contribution in [1.82, 2.24) is 0 Å². The van der Waals surface area contributed by atoms with Crippen LogP contribution in [0.4, 0.5) is 0 Å². The minimum absolute atomic E-state index is 0. The molecule has 0 aromatic rings. The maximum atomic E-state index is 8.34. The fourth-order valence-electron chi connectivity index (χ4n) is 0.0577. The number of aliphatic hydroxyl groups is 2. The van der Waals surface area contributed by atoms with Crippen molar-refractivity contribution in [3.8, 4) is 0 Å². The van der Waals surface area contributed by atoms with E-state index in [1.54, 1.807) is 0 Å². The van der Waals surface area contributed by atoms with Crippen LogP contribution in [-0.4, -0.2) is 66.4 Å². The topological polar surface area (TPSA) is 40.5 Å². The molecule has 0 aromatic heterocycles. The molecule has 0 heterocycles. The molecule has 0 aliphatic heterocycles. The van der Waals surface area contributed by atoms with E-state index in [0.29, 0.717) is 5.75 Å². The molecule has 2 N–H and O–H groups in total. The van der Waals surface area contributed by atoms with Crippen molar-refractivity contribution < 1.29 is 10.2 Å². The van der Waals surface area contributed by atoms with Crippen molar-refractivity contribution in [2.45, 2.75) is 6.10 Å². The molecule has 0 aromatic carbocycles. The van der Waals surface area contributed by atoms with E-state index in [9.17, 15) is 0 Å². The monoisotopic (exact) mass is 150 g/mol. The fourth-order valence-corrected chi connectivity index (χ4v) is 0.173. The van der Waals surface area contributed by atoms with Crippen molar-refractivity contribution in [2.24, 2.45) is 0 Å². The second kappa shape index (κ2) is 7.53. The van der Waals surface area contributed by atoms with Crippen LogP contribution in [0.1, 0.15) is 0 Å². The van der Waals surface area contributed by atoms with E-state index in [-0.39, 0.29) is 44.3 Å². The molecule has 0 radical (unpaired) electrons. The van der Waals surface area contributed by atoms with Crippen LogP contribution in [0.2, 0.25) is 0 Å². The molecule has 0 rings (SSSR count). The van der Waals surface area contributed by atoms with Gasteiger partial charge in [-0.15, -0.1) is 0 Å². The zero-order valence-corrected chi connectivity index (χ0v) is 4.23. The molecule has 0 saturated heterocycles. The fraction of sp³-hybridized carbons (Fsp3) is 1.00. The molecule has 1 unspecified atom stereocenters. The van der Waals surface area contributed by atoms with Gasteiger partial charge in [0.1, 0.15) is 0 Å². The second-order valence-corrected chi connectivity index (χ2v) is 1.38. The quantitative estimate of drug-likeness (QED) is 0.326. The number of aliphatic hydroxyl groups excluding tert-OH is 2. The molecule has 7 heavy (non-hydrogen) atoms. The third-order valence-corrected chi connectivity index (χ3v) is 0.843. The van der Waals surface area contributed by atoms with Crippen molar-refractivity contribution in [3.05, 3.63) is 0 Å². The van der Waals surface area contributed by atoms with Gasteiger partial charge in [0.25, 0.3) is 0 Å². The van der Waals surface area contributed by atoms with Gasteiger partial charge in [0.15, 0.2) is 0 Å². The molecule has 1 atom stereocenters. The van der Waals surface area contributed by atoms with E-state index < -0.39 is 6.10 Å². The van der Waals surface area contributed by atoms with Crippen molar-refractivity contribution in [1.29, 1.82) is 0 Å². The summed E-state index contributed by atoms with van der Waals surface area (Å²) in [6.07, 6.45) is -0.645. The van der Waals surface area contributed by atoms with Gasteiger partial charge < -0.3 is 10.2 Å². The molecule has 0 saturated carbocycles. The Kier molecular flexibility index (Phi) is 12.2. The van der Waals surface area contributed by atoms with E-state index in [0.717, 1.165) is 0 Å². The molecule has 0 aliphatic rings. The number of thiol groups is 1. The van der Waals surface area contributed by atoms with E-state index in [4.69, 9.17) is 10.2 Å². The Morgan fingerprint density at radius 3 is 2.00 bits per heavy atom. The summed E-state index contributed by atoms with van der Waals surface area (Å²) in [6.45, 7) is -0.191. The molecule has 42 valence electrons. The second-order valence-electron chi connectivity index (χ2n) is 1.02. The average molecular weight is 150 g/mol. The maximum absolute atomic E-state index is 8.34. The van der Waals surface area contributed by atoms with Crippen LogP contribution in [0.15, 0.2) is 0 Å². The van der Waals surface area contributed by atoms with Crippen LogP contribution in [-0.2, 0) is 0 Å². The third-order valence-electron chi connectivity index (χ3n) is 0.421. The van der Waals surface area contributed by atoms with E-state index in [1.165, 1.54) is 0 Å². The molecule has 0 fully saturated rings. The molecular formula is C3H10CaO2S. The summed E-state index contributed by atoms with van der Waals surface area (Å²) in [4.78, 5) is 0. The number of hydrogen-bond acceptors (Lipinski definition) is 3. The van der Waals surface area contributed by atoms with Crippen LogP contribution in [0.3, 0.4) is 0 Å². The number of hydrogen-bond donors (Lipinski definition) is 3. The van der Waals surface area contributed by atoms with Gasteiger partial charge in [-0.1, -0.05) is 0 Å². The Labute approximate surface area is 78.3 Å². The average Bonchev–Trinajstić information content (AvgIpc) is 1.65. The van der Waals surface area contributed by atoms with Crippen molar-refractivity contribution in [2.75, 3.05) is 12.4 Å². The van der Waals surface area contributed by atoms with Crippen LogP contribution in [0.25, 0.3) is 0 Å². The zero-order valence-electron chi connectivity index (χ0n) is 3.33. The van der Waals surface area contributed by atoms with Crippen LogP contribution in [0, 0.1) is 0 Å². The minimum atomic E-state index is -0.645. The molecule has 2 nitrogen and oxygen atoms in total. The van der Waals surface area contributed by atoms with E-state index in [2.05, 4.69) is 12.6 Å². The van der Waals surface area contributed by atoms with Crippen molar-refractivity contribution in [3.63, 3.8) is 0 Å². The molecule has 0 aliphatic carbocycles. The first-order valence-corrected chi connectivity index (χ1v) is 2.34. The SMILES string of the molecule is OCC(O)CS.[CaH2]. The normalized spacial score (nSPS) is 12.4. The predicted molar refractivity (Wildman–Crippen MR) is 35.5 cm³/mol. The summed E-state index contributed by atoms with van der Waals surface area (Å²) < 4.78 is 0. The summed E-state index contributed by atoms with van der Waals surface area (Å²) >= 11 is 3.69. The summed E-state index contributed by atoms with van der Waals surface area (Å²) in [5.74, 6) is 0.330. The first-order chi connectivity index (χ1) is 2.81. The number of rotatable bonds is 2. The Balaban J connectivity index is 0. The van der Waals surface area contributed by atoms with Gasteiger partial charge in [-0.05, 0) is 0 Å². The van der Waals surface area contributed by atoms with E-state index >= 15 is 0 Å². The summed E-state index contributed by atoms with van der Waals surface area (Å²) in [5, 5.41) is 16.4. The zero-order chi connectivity index (χ0) is 4.99. The Bertz CT molecular complexity index is 32.1. The van der Waals surface area contributed by atoms with Crippen LogP contribution >= 0.6 is 12.6 Å². The van der Waals surface area contributed by atoms with Gasteiger partial charge in [-0.2, -0.15) is 12.6 Å². The summed E-state index contributed by atoms with van der Waals surface area (Å²) in [5.41, 5.74) is 0. The third kappa shape index (κ3) is 7.53. The standard InChI is InChI=1S/C3H8O2S.Ca.2H/c4-1-3(5)2-6;;;/h3-6H,1-2H2;;;. The predicted octanol–water partition coefficient (Wildman–Crippen LogP) is -1.65. The molecule has 4 heteroatoms. The Morgan fingerprint density at radius 2 is 2.00 bits per heavy atom. The van der Waals surface area contributed by atoms with Gasteiger partial charge in [-0.25, -0.2) is 0 Å². The first kappa shape index (κ1) is 11.3. The summed E-state index contributed by atoms with van der Waals surface area (Å²) in [7, 11) is 0. The van der Waals surface area contributed by atoms with Gasteiger partial charge in [0, 0.05) is 5.75 Å². The molecule has 0 amide bonds. The Morgan fingerprint density at radius 1 is 1.57 bits per heavy atom. The van der Waals surface area contributed by atoms with E-state index in [1.807, 2.05) is 0 Å². The Hall–Kier alpha value is 1.53. The van der Waals surface area contributed by atoms with Gasteiger partial charge in [-0.3, -0.25) is 0 Å². The molecule has 0 spiro atoms. The summed E-state index contributed by atoms with van der Waals surface area (Å²) in [6, 6.07) is 0. The van der Waals surface area contributed by atoms with Crippen LogP contribution in [0.5, 0.6) is 0 Å². The van der Waals surface area contributed by atoms with Gasteiger partial charge in [0.2, 0.25) is 0 Å². The van der Waals surface area contributed by atoms with Crippen molar-refractivity contribution >= 4 is 50.4 Å². The van der Waals surface area contributed by atoms with Gasteiger partial charge in [0.05, 0.1) is 12.7 Å². The molecule has 0 bridgehead atoms. The van der Waals surface area contributed by atoms with Gasteiger partial charge >= 0.3 is 37.7 Å². The van der Waals surface area contributed by atoms with Crippen LogP contribution < -0.4 is 0 Å². The molecular weight excluding hydrogens is 140 g/mol. The first-order valence-electron chi connectivity index (χ1n) is 1.71.